The molecule has 1 amide bonds. The number of hydrogen-bond donors (Lipinski definition) is 1. The van der Waals surface area contributed by atoms with Crippen LogP contribution in [0.5, 0.6) is 5.75 Å². The van der Waals surface area contributed by atoms with E-state index in [9.17, 15) is 4.79 Å². The first-order chi connectivity index (χ1) is 11.4. The Morgan fingerprint density at radius 1 is 1.20 bits per heavy atom. The summed E-state index contributed by atoms with van der Waals surface area (Å²) in [5.41, 5.74) is 0.558. The van der Waals surface area contributed by atoms with Crippen molar-refractivity contribution in [2.24, 2.45) is 17.8 Å². The van der Waals surface area contributed by atoms with E-state index in [4.69, 9.17) is 4.74 Å². The Labute approximate surface area is 157 Å². The van der Waals surface area contributed by atoms with Gasteiger partial charge >= 0.3 is 0 Å². The topological polar surface area (TPSA) is 41.6 Å². The Hall–Kier alpha value is -1.26. The predicted molar refractivity (Wildman–Crippen MR) is 103 cm³/mol. The summed E-state index contributed by atoms with van der Waals surface area (Å²) in [7, 11) is 0. The number of nitrogens with one attached hydrogen (secondary N) is 1. The lowest BCUT2D eigenvalue weighted by molar-refractivity contribution is -0.135. The fraction of sp³-hybridized carbons (Fsp3) is 0.650. The van der Waals surface area contributed by atoms with Crippen molar-refractivity contribution in [3.63, 3.8) is 0 Å². The zero-order valence-corrected chi connectivity index (χ0v) is 16.6. The minimum Gasteiger partial charge on any atom is -0.493 e. The maximum absolute atomic E-state index is 13.1. The molecule has 0 radical (unpaired) electrons. The number of nitrogens with zero attached hydrogens (tertiary/aromatic N) is 1. The Kier molecular flexibility index (Phi) is 6.39. The van der Waals surface area contributed by atoms with E-state index in [1.54, 1.807) is 0 Å². The minimum atomic E-state index is -0.497. The van der Waals surface area contributed by atoms with Crippen LogP contribution in [0.3, 0.4) is 0 Å². The molecule has 1 N–H and O–H groups in total. The normalized spacial score (nSPS) is 22.7. The standard InChI is InChI=1S/C20H30N2O2.ClH/c1-14(2)13-24-18-7-5-17(6-8-18)20(3,4)19(23)22-11-15-9-21-10-16(15)12-22;/h5-8,14-16,21H,9-13H2,1-4H3;1H/t15-,16+;. The molecule has 2 aliphatic rings. The van der Waals surface area contributed by atoms with Gasteiger partial charge in [0.1, 0.15) is 5.75 Å². The number of halogens is 1. The van der Waals surface area contributed by atoms with Gasteiger partial charge in [-0.3, -0.25) is 4.79 Å². The highest BCUT2D eigenvalue weighted by molar-refractivity contribution is 5.87. The molecule has 4 nitrogen and oxygen atoms in total. The van der Waals surface area contributed by atoms with Gasteiger partial charge < -0.3 is 15.0 Å². The van der Waals surface area contributed by atoms with Gasteiger partial charge in [-0.15, -0.1) is 12.4 Å². The lowest BCUT2D eigenvalue weighted by atomic mass is 9.83. The first kappa shape index (κ1) is 20.1. The number of carbonyl (C=O) groups is 1. The molecule has 2 atom stereocenters. The second kappa shape index (κ2) is 7.96. The molecule has 0 spiro atoms. The summed E-state index contributed by atoms with van der Waals surface area (Å²) in [5, 5.41) is 3.43. The number of amides is 1. The average Bonchev–Trinajstić information content (AvgIpc) is 3.14. The maximum atomic E-state index is 13.1. The highest BCUT2D eigenvalue weighted by atomic mass is 35.5. The fourth-order valence-corrected chi connectivity index (χ4v) is 3.77. The van der Waals surface area contributed by atoms with Crippen LogP contribution < -0.4 is 10.1 Å². The lowest BCUT2D eigenvalue weighted by Crippen LogP contribution is -2.43. The van der Waals surface area contributed by atoms with Gasteiger partial charge in [0.15, 0.2) is 0 Å². The molecular weight excluding hydrogens is 336 g/mol. The summed E-state index contributed by atoms with van der Waals surface area (Å²) in [6.45, 7) is 13.0. The van der Waals surface area contributed by atoms with Crippen molar-refractivity contribution in [3.8, 4) is 5.75 Å². The van der Waals surface area contributed by atoms with Crippen LogP contribution in [0.15, 0.2) is 24.3 Å². The molecule has 3 rings (SSSR count). The average molecular weight is 367 g/mol. The van der Waals surface area contributed by atoms with Crippen molar-refractivity contribution in [1.82, 2.24) is 10.2 Å². The van der Waals surface area contributed by atoms with Gasteiger partial charge in [0, 0.05) is 26.2 Å². The molecule has 2 heterocycles. The first-order valence-corrected chi connectivity index (χ1v) is 9.11. The number of carbonyl (C=O) groups excluding carboxylic acids is 1. The maximum Gasteiger partial charge on any atom is 0.232 e. The number of rotatable bonds is 5. The van der Waals surface area contributed by atoms with Crippen molar-refractivity contribution in [3.05, 3.63) is 29.8 Å². The summed E-state index contributed by atoms with van der Waals surface area (Å²) < 4.78 is 5.74. The van der Waals surface area contributed by atoms with Gasteiger partial charge in [-0.25, -0.2) is 0 Å². The molecule has 0 bridgehead atoms. The van der Waals surface area contributed by atoms with Crippen LogP contribution in [0.2, 0.25) is 0 Å². The number of benzene rings is 1. The van der Waals surface area contributed by atoms with Gasteiger partial charge in [0.2, 0.25) is 5.91 Å². The summed E-state index contributed by atoms with van der Waals surface area (Å²) >= 11 is 0. The second-order valence-electron chi connectivity index (χ2n) is 8.24. The molecule has 2 aliphatic heterocycles. The fourth-order valence-electron chi connectivity index (χ4n) is 3.77. The number of hydrogen-bond acceptors (Lipinski definition) is 3. The molecule has 1 aromatic carbocycles. The Morgan fingerprint density at radius 3 is 2.28 bits per heavy atom. The molecule has 5 heteroatoms. The van der Waals surface area contributed by atoms with E-state index in [2.05, 4.69) is 24.1 Å². The van der Waals surface area contributed by atoms with E-state index in [-0.39, 0.29) is 18.3 Å². The van der Waals surface area contributed by atoms with E-state index in [1.165, 1.54) is 0 Å². The third kappa shape index (κ3) is 4.29. The molecular formula is C20H31ClN2O2. The van der Waals surface area contributed by atoms with Crippen molar-refractivity contribution in [2.75, 3.05) is 32.8 Å². The van der Waals surface area contributed by atoms with Gasteiger partial charge in [-0.2, -0.15) is 0 Å². The molecule has 0 saturated carbocycles. The third-order valence-corrected chi connectivity index (χ3v) is 5.37. The van der Waals surface area contributed by atoms with Crippen molar-refractivity contribution in [2.45, 2.75) is 33.1 Å². The smallest absolute Gasteiger partial charge is 0.232 e. The summed E-state index contributed by atoms with van der Waals surface area (Å²) in [4.78, 5) is 15.1. The highest BCUT2D eigenvalue weighted by Gasteiger charge is 2.42. The quantitative estimate of drug-likeness (QED) is 0.870. The molecule has 25 heavy (non-hydrogen) atoms. The van der Waals surface area contributed by atoms with Gasteiger partial charge in [-0.1, -0.05) is 26.0 Å². The number of likely N-dealkylation sites (tertiary alicyclic amines) is 1. The SMILES string of the molecule is CC(C)COc1ccc(C(C)(C)C(=O)N2C[C@H]3CNC[C@H]3C2)cc1.Cl. The third-order valence-electron chi connectivity index (χ3n) is 5.37. The predicted octanol–water partition coefficient (Wildman–Crippen LogP) is 3.10. The van der Waals surface area contributed by atoms with E-state index < -0.39 is 5.41 Å². The summed E-state index contributed by atoms with van der Waals surface area (Å²) in [5.74, 6) is 2.89. The van der Waals surface area contributed by atoms with Gasteiger partial charge in [0.05, 0.1) is 12.0 Å². The van der Waals surface area contributed by atoms with E-state index in [1.807, 2.05) is 38.1 Å². The Bertz CT molecular complexity index is 574. The van der Waals surface area contributed by atoms with E-state index >= 15 is 0 Å². The Balaban J connectivity index is 0.00000225. The highest BCUT2D eigenvalue weighted by Crippen LogP contribution is 2.33. The molecule has 0 aliphatic carbocycles. The largest absolute Gasteiger partial charge is 0.493 e. The zero-order chi connectivity index (χ0) is 17.3. The van der Waals surface area contributed by atoms with Gasteiger partial charge in [-0.05, 0) is 49.3 Å². The van der Waals surface area contributed by atoms with Crippen molar-refractivity contribution >= 4 is 18.3 Å². The van der Waals surface area contributed by atoms with Crippen LogP contribution in [0, 0.1) is 17.8 Å². The van der Waals surface area contributed by atoms with Crippen LogP contribution in [-0.2, 0) is 10.2 Å². The summed E-state index contributed by atoms with van der Waals surface area (Å²) in [6, 6.07) is 8.03. The van der Waals surface area contributed by atoms with Crippen molar-refractivity contribution in [1.29, 1.82) is 0 Å². The first-order valence-electron chi connectivity index (χ1n) is 9.11. The molecule has 140 valence electrons. The molecule has 1 aromatic rings. The molecule has 2 saturated heterocycles. The number of fused-ring (bicyclic) bond motifs is 1. The van der Waals surface area contributed by atoms with Crippen LogP contribution in [-0.4, -0.2) is 43.6 Å². The molecule has 2 fully saturated rings. The molecule has 0 unspecified atom stereocenters. The molecule has 0 aromatic heterocycles. The van der Waals surface area contributed by atoms with E-state index in [0.29, 0.717) is 24.4 Å². The van der Waals surface area contributed by atoms with Gasteiger partial charge in [0.25, 0.3) is 0 Å². The van der Waals surface area contributed by atoms with E-state index in [0.717, 1.165) is 37.5 Å². The second-order valence-corrected chi connectivity index (χ2v) is 8.24. The van der Waals surface area contributed by atoms with Crippen LogP contribution in [0.1, 0.15) is 33.3 Å². The monoisotopic (exact) mass is 366 g/mol. The van der Waals surface area contributed by atoms with Crippen LogP contribution in [0.25, 0.3) is 0 Å². The Morgan fingerprint density at radius 2 is 1.76 bits per heavy atom. The van der Waals surface area contributed by atoms with Crippen LogP contribution in [0.4, 0.5) is 0 Å². The van der Waals surface area contributed by atoms with Crippen molar-refractivity contribution < 1.29 is 9.53 Å². The summed E-state index contributed by atoms with van der Waals surface area (Å²) in [6.07, 6.45) is 0. The number of ether oxygens (including phenoxy) is 1. The lowest BCUT2D eigenvalue weighted by Gasteiger charge is -2.30. The minimum absolute atomic E-state index is 0. The zero-order valence-electron chi connectivity index (χ0n) is 15.7. The van der Waals surface area contributed by atoms with Crippen LogP contribution >= 0.6 is 12.4 Å².